The fraction of sp³-hybridized carbons (Fsp3) is 0.630. The van der Waals surface area contributed by atoms with Crippen molar-refractivity contribution in [3.8, 4) is 0 Å². The molecule has 1 saturated heterocycles. The van der Waals surface area contributed by atoms with E-state index in [9.17, 15) is 18.0 Å². The lowest BCUT2D eigenvalue weighted by Gasteiger charge is -2.35. The Bertz CT molecular complexity index is 1030. The molecule has 0 radical (unpaired) electrons. The lowest BCUT2D eigenvalue weighted by Crippen LogP contribution is -2.42. The number of likely N-dealkylation sites (tertiary alicyclic amines) is 1. The van der Waals surface area contributed by atoms with Gasteiger partial charge in [-0.25, -0.2) is 9.97 Å². The Labute approximate surface area is 216 Å². The van der Waals surface area contributed by atoms with Gasteiger partial charge in [0.05, 0.1) is 11.5 Å². The molecule has 0 bridgehead atoms. The fourth-order valence-corrected chi connectivity index (χ4v) is 5.64. The molecule has 37 heavy (non-hydrogen) atoms. The van der Waals surface area contributed by atoms with Crippen molar-refractivity contribution in [3.05, 3.63) is 53.4 Å². The Morgan fingerprint density at radius 2 is 1.78 bits per heavy atom. The molecule has 1 unspecified atom stereocenters. The maximum absolute atomic E-state index is 13.2. The minimum absolute atomic E-state index is 0.0654. The second-order valence-corrected chi connectivity index (χ2v) is 10.1. The van der Waals surface area contributed by atoms with Crippen molar-refractivity contribution in [3.63, 3.8) is 0 Å². The van der Waals surface area contributed by atoms with Gasteiger partial charge in [0.15, 0.2) is 0 Å². The van der Waals surface area contributed by atoms with E-state index < -0.39 is 11.7 Å². The van der Waals surface area contributed by atoms with Crippen LogP contribution in [0.15, 0.2) is 31.0 Å². The zero-order valence-corrected chi connectivity index (χ0v) is 21.6. The predicted molar refractivity (Wildman–Crippen MR) is 133 cm³/mol. The number of carbonyl (C=O) groups excluding carboxylic acids is 1. The molecule has 7 nitrogen and oxygen atoms in total. The van der Waals surface area contributed by atoms with Crippen LogP contribution in [0.4, 0.5) is 13.2 Å². The van der Waals surface area contributed by atoms with Gasteiger partial charge >= 0.3 is 6.18 Å². The van der Waals surface area contributed by atoms with Crippen molar-refractivity contribution in [2.24, 2.45) is 5.92 Å². The van der Waals surface area contributed by atoms with Gasteiger partial charge in [0.25, 0.3) is 0 Å². The standard InChI is InChI=1S/C24H28F3N5O.C3H8O/c25-24(26,27)20-9-18-14-32(8-6-22(18)30-12-20)23(33)17-5-7-31(13-17)21-3-1-16(2-4-21)19-10-28-15-29-11-19;1-3-4-2/h9-12,15-17,21H,1-8,13-14H2;3H2,1-2H3. The number of hydrogen-bond donors (Lipinski definition) is 0. The Kier molecular flexibility index (Phi) is 9.13. The van der Waals surface area contributed by atoms with Crippen LogP contribution in [0.2, 0.25) is 0 Å². The van der Waals surface area contributed by atoms with Crippen molar-refractivity contribution >= 4 is 5.91 Å². The highest BCUT2D eigenvalue weighted by Gasteiger charge is 2.38. The number of carbonyl (C=O) groups is 1. The Balaban J connectivity index is 0.000000747. The molecule has 0 aromatic carbocycles. The summed E-state index contributed by atoms with van der Waals surface area (Å²) >= 11 is 0. The summed E-state index contributed by atoms with van der Waals surface area (Å²) in [6.07, 6.45) is 7.57. The molecule has 1 amide bonds. The number of aromatic nitrogens is 3. The van der Waals surface area contributed by atoms with E-state index >= 15 is 0 Å². The van der Waals surface area contributed by atoms with Gasteiger partial charge in [0, 0.05) is 70.1 Å². The van der Waals surface area contributed by atoms with E-state index in [1.54, 1.807) is 18.3 Å². The lowest BCUT2D eigenvalue weighted by molar-refractivity contribution is -0.137. The summed E-state index contributed by atoms with van der Waals surface area (Å²) < 4.78 is 43.7. The van der Waals surface area contributed by atoms with Gasteiger partial charge in [-0.1, -0.05) is 0 Å². The second kappa shape index (κ2) is 12.3. The van der Waals surface area contributed by atoms with Crippen molar-refractivity contribution in [1.82, 2.24) is 24.8 Å². The summed E-state index contributed by atoms with van der Waals surface area (Å²) in [5.41, 5.74) is 1.64. The highest BCUT2D eigenvalue weighted by atomic mass is 19.4. The number of methoxy groups -OCH3 is 1. The molecule has 0 spiro atoms. The van der Waals surface area contributed by atoms with Crippen LogP contribution < -0.4 is 0 Å². The summed E-state index contributed by atoms with van der Waals surface area (Å²) in [6, 6.07) is 1.64. The summed E-state index contributed by atoms with van der Waals surface area (Å²) in [5, 5.41) is 0. The molecule has 10 heteroatoms. The average molecular weight is 520 g/mol. The van der Waals surface area contributed by atoms with Gasteiger partial charge in [0.1, 0.15) is 6.33 Å². The van der Waals surface area contributed by atoms with Crippen molar-refractivity contribution in [2.45, 2.75) is 70.1 Å². The van der Waals surface area contributed by atoms with Gasteiger partial charge in [-0.05, 0) is 68.7 Å². The van der Waals surface area contributed by atoms with Crippen LogP contribution in [0.5, 0.6) is 0 Å². The highest BCUT2D eigenvalue weighted by Crippen LogP contribution is 2.36. The molecule has 5 rings (SSSR count). The molecule has 1 saturated carbocycles. The van der Waals surface area contributed by atoms with E-state index in [1.807, 2.05) is 19.3 Å². The third-order valence-electron chi connectivity index (χ3n) is 7.80. The van der Waals surface area contributed by atoms with Crippen LogP contribution in [0.3, 0.4) is 0 Å². The third-order valence-corrected chi connectivity index (χ3v) is 7.80. The van der Waals surface area contributed by atoms with Gasteiger partial charge < -0.3 is 9.64 Å². The van der Waals surface area contributed by atoms with Crippen LogP contribution in [0, 0.1) is 5.92 Å². The summed E-state index contributed by atoms with van der Waals surface area (Å²) in [6.45, 7) is 5.16. The monoisotopic (exact) mass is 519 g/mol. The second-order valence-electron chi connectivity index (χ2n) is 10.1. The van der Waals surface area contributed by atoms with Gasteiger partial charge in [-0.2, -0.15) is 13.2 Å². The van der Waals surface area contributed by atoms with Crippen LogP contribution in [-0.4, -0.2) is 70.1 Å². The van der Waals surface area contributed by atoms with E-state index in [4.69, 9.17) is 0 Å². The Hall–Kier alpha value is -2.59. The van der Waals surface area contributed by atoms with Crippen molar-refractivity contribution in [2.75, 3.05) is 33.4 Å². The molecule has 4 heterocycles. The van der Waals surface area contributed by atoms with E-state index in [0.717, 1.165) is 64.1 Å². The van der Waals surface area contributed by atoms with Crippen LogP contribution in [-0.2, 0) is 28.7 Å². The number of nitrogens with zero attached hydrogens (tertiary/aromatic N) is 5. The number of rotatable bonds is 4. The van der Waals surface area contributed by atoms with Gasteiger partial charge in [-0.3, -0.25) is 14.7 Å². The minimum atomic E-state index is -4.42. The van der Waals surface area contributed by atoms with E-state index in [0.29, 0.717) is 36.2 Å². The van der Waals surface area contributed by atoms with E-state index in [2.05, 4.69) is 24.6 Å². The highest BCUT2D eigenvalue weighted by molar-refractivity contribution is 5.79. The van der Waals surface area contributed by atoms with Gasteiger partial charge in [0.2, 0.25) is 5.91 Å². The SMILES string of the molecule is CCOC.O=C(C1CCN(C2CCC(c3cncnc3)CC2)C1)N1CCc2ncc(C(F)(F)F)cc2C1. The molecule has 1 atom stereocenters. The number of amides is 1. The number of pyridine rings is 1. The number of halogens is 3. The minimum Gasteiger partial charge on any atom is -0.385 e. The smallest absolute Gasteiger partial charge is 0.385 e. The molecule has 2 aromatic rings. The molecule has 2 aromatic heterocycles. The molecule has 0 N–H and O–H groups in total. The van der Waals surface area contributed by atoms with E-state index in [-0.39, 0.29) is 18.4 Å². The molecule has 202 valence electrons. The lowest BCUT2D eigenvalue weighted by atomic mass is 9.82. The first-order valence-corrected chi connectivity index (χ1v) is 13.1. The molecule has 3 aliphatic rings. The average Bonchev–Trinajstić information content (AvgIpc) is 3.43. The molecule has 1 aliphatic carbocycles. The number of alkyl halides is 3. The summed E-state index contributed by atoms with van der Waals surface area (Å²) in [5.74, 6) is 0.493. The molecular weight excluding hydrogens is 483 g/mol. The molecule has 2 fully saturated rings. The Morgan fingerprint density at radius 3 is 2.43 bits per heavy atom. The first-order valence-electron chi connectivity index (χ1n) is 13.1. The van der Waals surface area contributed by atoms with Crippen LogP contribution >= 0.6 is 0 Å². The van der Waals surface area contributed by atoms with Crippen molar-refractivity contribution < 1.29 is 22.7 Å². The quantitative estimate of drug-likeness (QED) is 0.594. The number of fused-ring (bicyclic) bond motifs is 1. The third kappa shape index (κ3) is 6.84. The zero-order valence-electron chi connectivity index (χ0n) is 21.6. The van der Waals surface area contributed by atoms with Crippen molar-refractivity contribution in [1.29, 1.82) is 0 Å². The maximum Gasteiger partial charge on any atom is 0.417 e. The topological polar surface area (TPSA) is 71.5 Å². The first-order chi connectivity index (χ1) is 17.8. The first kappa shape index (κ1) is 27.4. The molecular formula is C27H36F3N5O2. The zero-order chi connectivity index (χ0) is 26.4. The predicted octanol–water partition coefficient (Wildman–Crippen LogP) is 4.48. The number of ether oxygens (including phenoxy) is 1. The summed E-state index contributed by atoms with van der Waals surface area (Å²) in [7, 11) is 1.68. The number of hydrogen-bond acceptors (Lipinski definition) is 6. The normalized spacial score (nSPS) is 24.2. The molecule has 2 aliphatic heterocycles. The van der Waals surface area contributed by atoms with Gasteiger partial charge in [-0.15, -0.1) is 0 Å². The van der Waals surface area contributed by atoms with Crippen LogP contribution in [0.1, 0.15) is 67.3 Å². The van der Waals surface area contributed by atoms with Crippen LogP contribution in [0.25, 0.3) is 0 Å². The summed E-state index contributed by atoms with van der Waals surface area (Å²) in [4.78, 5) is 29.7. The van der Waals surface area contributed by atoms with E-state index in [1.165, 1.54) is 5.56 Å². The Morgan fingerprint density at radius 1 is 1.08 bits per heavy atom. The largest absolute Gasteiger partial charge is 0.417 e. The fourth-order valence-electron chi connectivity index (χ4n) is 5.64. The maximum atomic E-state index is 13.2.